The molecular formula is C17H31BO2. The van der Waals surface area contributed by atoms with Gasteiger partial charge < -0.3 is 9.31 Å². The third kappa shape index (κ3) is 4.78. The van der Waals surface area contributed by atoms with E-state index in [4.69, 9.17) is 9.31 Å². The van der Waals surface area contributed by atoms with Gasteiger partial charge in [0, 0.05) is 6.32 Å². The number of hydrogen-bond acceptors (Lipinski definition) is 2. The molecule has 0 spiro atoms. The van der Waals surface area contributed by atoms with Crippen LogP contribution < -0.4 is 0 Å². The molecule has 1 heterocycles. The summed E-state index contributed by atoms with van der Waals surface area (Å²) in [6.07, 6.45) is 8.84. The van der Waals surface area contributed by atoms with E-state index in [9.17, 15) is 0 Å². The van der Waals surface area contributed by atoms with Crippen LogP contribution in [0.15, 0.2) is 23.3 Å². The topological polar surface area (TPSA) is 18.5 Å². The van der Waals surface area contributed by atoms with E-state index >= 15 is 0 Å². The molecule has 1 saturated heterocycles. The first kappa shape index (κ1) is 17.5. The van der Waals surface area contributed by atoms with Crippen molar-refractivity contribution in [2.75, 3.05) is 0 Å². The van der Waals surface area contributed by atoms with Crippen LogP contribution in [0, 0.1) is 0 Å². The summed E-state index contributed by atoms with van der Waals surface area (Å²) in [5.74, 6) is 0. The second-order valence-corrected chi connectivity index (χ2v) is 6.91. The van der Waals surface area contributed by atoms with Crippen LogP contribution in [0.1, 0.15) is 67.7 Å². The molecule has 1 fully saturated rings. The molecule has 1 aliphatic heterocycles. The predicted molar refractivity (Wildman–Crippen MR) is 87.9 cm³/mol. The first-order chi connectivity index (χ1) is 9.18. The molecule has 0 aliphatic carbocycles. The fraction of sp³-hybridized carbons (Fsp3) is 0.765. The number of hydrogen-bond donors (Lipinski definition) is 0. The van der Waals surface area contributed by atoms with E-state index in [2.05, 4.69) is 60.6 Å². The Kier molecular flexibility index (Phi) is 6.09. The quantitative estimate of drug-likeness (QED) is 0.493. The molecule has 0 aromatic carbocycles. The standard InChI is InChI=1S/C17H31BO2/c1-8-14(2)10-9-11-15(3)12-13-18-19-16(4,5)17(6,7)20-18/h10,12H,8-9,11,13H2,1-7H3/b14-10-,15-12+. The Morgan fingerprint density at radius 2 is 1.50 bits per heavy atom. The van der Waals surface area contributed by atoms with E-state index in [1.54, 1.807) is 0 Å². The van der Waals surface area contributed by atoms with Crippen LogP contribution >= 0.6 is 0 Å². The molecule has 0 unspecified atom stereocenters. The van der Waals surface area contributed by atoms with Gasteiger partial charge in [-0.2, -0.15) is 0 Å². The first-order valence-electron chi connectivity index (χ1n) is 7.85. The summed E-state index contributed by atoms with van der Waals surface area (Å²) in [6, 6.07) is 0. The Morgan fingerprint density at radius 1 is 0.950 bits per heavy atom. The van der Waals surface area contributed by atoms with Crippen LogP contribution in [0.2, 0.25) is 6.32 Å². The molecule has 0 atom stereocenters. The first-order valence-corrected chi connectivity index (χ1v) is 7.85. The molecule has 0 radical (unpaired) electrons. The SMILES string of the molecule is CC/C(C)=C\CC/C(C)=C/CB1OC(C)(C)C(C)(C)O1. The van der Waals surface area contributed by atoms with Gasteiger partial charge >= 0.3 is 7.12 Å². The van der Waals surface area contributed by atoms with E-state index in [1.165, 1.54) is 11.1 Å². The van der Waals surface area contributed by atoms with Gasteiger partial charge in [-0.3, -0.25) is 0 Å². The Balaban J connectivity index is 2.41. The molecule has 1 rings (SSSR count). The molecule has 0 amide bonds. The maximum atomic E-state index is 6.00. The number of allylic oxidation sites excluding steroid dienone is 4. The lowest BCUT2D eigenvalue weighted by Crippen LogP contribution is -2.41. The molecule has 0 saturated carbocycles. The Bertz CT molecular complexity index is 364. The zero-order valence-corrected chi connectivity index (χ0v) is 14.4. The molecule has 1 aliphatic rings. The summed E-state index contributed by atoms with van der Waals surface area (Å²) in [7, 11) is -0.108. The van der Waals surface area contributed by atoms with Crippen molar-refractivity contribution in [2.24, 2.45) is 0 Å². The van der Waals surface area contributed by atoms with Crippen molar-refractivity contribution in [1.29, 1.82) is 0 Å². The fourth-order valence-electron chi connectivity index (χ4n) is 2.15. The summed E-state index contributed by atoms with van der Waals surface area (Å²) < 4.78 is 12.0. The lowest BCUT2D eigenvalue weighted by molar-refractivity contribution is 0.00578. The highest BCUT2D eigenvalue weighted by Crippen LogP contribution is 2.37. The normalized spacial score (nSPS) is 22.4. The fourth-order valence-corrected chi connectivity index (χ4v) is 2.15. The lowest BCUT2D eigenvalue weighted by Gasteiger charge is -2.32. The maximum Gasteiger partial charge on any atom is 0.461 e. The van der Waals surface area contributed by atoms with E-state index in [0.29, 0.717) is 0 Å². The molecule has 0 N–H and O–H groups in total. The molecule has 0 bridgehead atoms. The molecular weight excluding hydrogens is 247 g/mol. The van der Waals surface area contributed by atoms with Gasteiger partial charge in [-0.05, 0) is 60.8 Å². The van der Waals surface area contributed by atoms with Crippen LogP contribution in [-0.4, -0.2) is 18.3 Å². The summed E-state index contributed by atoms with van der Waals surface area (Å²) in [5, 5.41) is 0. The average Bonchev–Trinajstić information content (AvgIpc) is 2.55. The zero-order chi connectivity index (χ0) is 15.4. The largest absolute Gasteiger partial charge is 0.461 e. The van der Waals surface area contributed by atoms with Gasteiger partial charge in [-0.25, -0.2) is 0 Å². The molecule has 114 valence electrons. The van der Waals surface area contributed by atoms with E-state index in [1.807, 2.05) is 0 Å². The zero-order valence-electron chi connectivity index (χ0n) is 14.4. The Morgan fingerprint density at radius 3 is 2.00 bits per heavy atom. The Hall–Kier alpha value is -0.535. The summed E-state index contributed by atoms with van der Waals surface area (Å²) in [5.41, 5.74) is 2.45. The minimum Gasteiger partial charge on any atom is -0.403 e. The van der Waals surface area contributed by atoms with Gasteiger partial charge in [-0.1, -0.05) is 30.2 Å². The molecule has 0 aromatic rings. The van der Waals surface area contributed by atoms with Crippen molar-refractivity contribution < 1.29 is 9.31 Å². The van der Waals surface area contributed by atoms with E-state index < -0.39 is 0 Å². The smallest absolute Gasteiger partial charge is 0.403 e. The maximum absolute atomic E-state index is 6.00. The monoisotopic (exact) mass is 278 g/mol. The van der Waals surface area contributed by atoms with Gasteiger partial charge in [0.25, 0.3) is 0 Å². The molecule has 0 aromatic heterocycles. The lowest BCUT2D eigenvalue weighted by atomic mass is 9.84. The van der Waals surface area contributed by atoms with Crippen LogP contribution in [0.5, 0.6) is 0 Å². The van der Waals surface area contributed by atoms with Crippen molar-refractivity contribution in [3.8, 4) is 0 Å². The second kappa shape index (κ2) is 6.95. The molecule has 20 heavy (non-hydrogen) atoms. The van der Waals surface area contributed by atoms with Crippen molar-refractivity contribution in [2.45, 2.75) is 85.3 Å². The average molecular weight is 278 g/mol. The third-order valence-corrected chi connectivity index (χ3v) is 4.55. The Labute approximate surface area is 125 Å². The summed E-state index contributed by atoms with van der Waals surface area (Å²) in [6.45, 7) is 15.0. The van der Waals surface area contributed by atoms with Gasteiger partial charge in [0.1, 0.15) is 0 Å². The van der Waals surface area contributed by atoms with Gasteiger partial charge in [0.2, 0.25) is 0 Å². The highest BCUT2D eigenvalue weighted by Gasteiger charge is 2.50. The summed E-state index contributed by atoms with van der Waals surface area (Å²) in [4.78, 5) is 0. The van der Waals surface area contributed by atoms with Crippen molar-refractivity contribution in [1.82, 2.24) is 0 Å². The van der Waals surface area contributed by atoms with Crippen molar-refractivity contribution >= 4 is 7.12 Å². The highest BCUT2D eigenvalue weighted by molar-refractivity contribution is 6.46. The van der Waals surface area contributed by atoms with Gasteiger partial charge in [-0.15, -0.1) is 0 Å². The number of rotatable bonds is 6. The summed E-state index contributed by atoms with van der Waals surface area (Å²) >= 11 is 0. The van der Waals surface area contributed by atoms with Gasteiger partial charge in [0.05, 0.1) is 11.2 Å². The van der Waals surface area contributed by atoms with E-state index in [0.717, 1.165) is 25.6 Å². The molecule has 3 heteroatoms. The highest BCUT2D eigenvalue weighted by atomic mass is 16.7. The van der Waals surface area contributed by atoms with Crippen molar-refractivity contribution in [3.05, 3.63) is 23.3 Å². The molecule has 2 nitrogen and oxygen atoms in total. The van der Waals surface area contributed by atoms with E-state index in [-0.39, 0.29) is 18.3 Å². The minimum atomic E-state index is -0.222. The van der Waals surface area contributed by atoms with Crippen molar-refractivity contribution in [3.63, 3.8) is 0 Å². The van der Waals surface area contributed by atoms with Gasteiger partial charge in [0.15, 0.2) is 0 Å². The predicted octanol–water partition coefficient (Wildman–Crippen LogP) is 5.16. The third-order valence-electron chi connectivity index (χ3n) is 4.55. The minimum absolute atomic E-state index is 0.108. The van der Waals surface area contributed by atoms with Crippen LogP contribution in [0.3, 0.4) is 0 Å². The van der Waals surface area contributed by atoms with Crippen LogP contribution in [0.4, 0.5) is 0 Å². The second-order valence-electron chi connectivity index (χ2n) is 6.91. The van der Waals surface area contributed by atoms with Crippen LogP contribution in [0.25, 0.3) is 0 Å². The van der Waals surface area contributed by atoms with Crippen LogP contribution in [-0.2, 0) is 9.31 Å².